The molecule has 1 heterocycles. The van der Waals surface area contributed by atoms with Gasteiger partial charge in [0, 0.05) is 19.1 Å². The molecule has 2 unspecified atom stereocenters. The van der Waals surface area contributed by atoms with Crippen molar-refractivity contribution >= 4 is 0 Å². The van der Waals surface area contributed by atoms with Gasteiger partial charge in [-0.1, -0.05) is 24.3 Å². The zero-order valence-corrected chi connectivity index (χ0v) is 9.48. The Hall–Kier alpha value is -0.860. The molecule has 2 aliphatic rings. The summed E-state index contributed by atoms with van der Waals surface area (Å²) in [6, 6.07) is 10.2. The number of hydrogen-bond donors (Lipinski definition) is 0. The van der Waals surface area contributed by atoms with Gasteiger partial charge in [-0.05, 0) is 31.6 Å². The highest BCUT2D eigenvalue weighted by Gasteiger charge is 2.39. The number of likely N-dealkylation sites (N-methyl/N-ethyl adjacent to an activating group) is 2. The SMILES string of the molecule is CN1CCN(C)C2c3ccccc3CC21. The van der Waals surface area contributed by atoms with Gasteiger partial charge in [0.25, 0.3) is 0 Å². The van der Waals surface area contributed by atoms with Crippen LogP contribution >= 0.6 is 0 Å². The van der Waals surface area contributed by atoms with Crippen molar-refractivity contribution in [1.29, 1.82) is 0 Å². The lowest BCUT2D eigenvalue weighted by Gasteiger charge is -2.41. The minimum atomic E-state index is 0.625. The zero-order valence-electron chi connectivity index (χ0n) is 9.48. The number of nitrogens with zero attached hydrogens (tertiary/aromatic N) is 2. The molecule has 80 valence electrons. The van der Waals surface area contributed by atoms with Crippen LogP contribution in [0.15, 0.2) is 24.3 Å². The third-order valence-electron chi connectivity index (χ3n) is 4.01. The molecule has 0 saturated carbocycles. The summed E-state index contributed by atoms with van der Waals surface area (Å²) < 4.78 is 0. The van der Waals surface area contributed by atoms with E-state index in [4.69, 9.17) is 0 Å². The molecule has 15 heavy (non-hydrogen) atoms. The molecule has 1 fully saturated rings. The van der Waals surface area contributed by atoms with E-state index >= 15 is 0 Å². The smallest absolute Gasteiger partial charge is 0.0507 e. The highest BCUT2D eigenvalue weighted by Crippen LogP contribution is 2.39. The lowest BCUT2D eigenvalue weighted by Crippen LogP contribution is -2.50. The first-order chi connectivity index (χ1) is 7.27. The van der Waals surface area contributed by atoms with Crippen LogP contribution in [-0.4, -0.2) is 43.0 Å². The van der Waals surface area contributed by atoms with Crippen molar-refractivity contribution in [1.82, 2.24) is 9.80 Å². The molecule has 0 aromatic heterocycles. The molecule has 0 bridgehead atoms. The summed E-state index contributed by atoms with van der Waals surface area (Å²) in [5.74, 6) is 0. The molecule has 2 nitrogen and oxygen atoms in total. The number of rotatable bonds is 0. The monoisotopic (exact) mass is 202 g/mol. The second-order valence-corrected chi connectivity index (χ2v) is 4.88. The molecular weight excluding hydrogens is 184 g/mol. The summed E-state index contributed by atoms with van der Waals surface area (Å²) in [7, 11) is 4.52. The molecule has 1 aromatic carbocycles. The molecular formula is C13H18N2. The van der Waals surface area contributed by atoms with E-state index in [2.05, 4.69) is 48.2 Å². The summed E-state index contributed by atoms with van der Waals surface area (Å²) in [6.45, 7) is 2.39. The number of hydrogen-bond acceptors (Lipinski definition) is 2. The highest BCUT2D eigenvalue weighted by atomic mass is 15.3. The normalized spacial score (nSPS) is 31.3. The Labute approximate surface area is 91.5 Å². The van der Waals surface area contributed by atoms with Crippen molar-refractivity contribution in [2.45, 2.75) is 18.5 Å². The average molecular weight is 202 g/mol. The van der Waals surface area contributed by atoms with E-state index in [0.717, 1.165) is 0 Å². The van der Waals surface area contributed by atoms with Crippen molar-refractivity contribution < 1.29 is 0 Å². The van der Waals surface area contributed by atoms with E-state index in [-0.39, 0.29) is 0 Å². The third kappa shape index (κ3) is 1.32. The van der Waals surface area contributed by atoms with E-state index in [0.29, 0.717) is 12.1 Å². The van der Waals surface area contributed by atoms with Gasteiger partial charge < -0.3 is 0 Å². The van der Waals surface area contributed by atoms with Crippen molar-refractivity contribution in [3.8, 4) is 0 Å². The Morgan fingerprint density at radius 1 is 1.07 bits per heavy atom. The van der Waals surface area contributed by atoms with Crippen LogP contribution in [0.2, 0.25) is 0 Å². The second-order valence-electron chi connectivity index (χ2n) is 4.88. The first-order valence-corrected chi connectivity index (χ1v) is 5.75. The van der Waals surface area contributed by atoms with Crippen LogP contribution in [0.5, 0.6) is 0 Å². The molecule has 2 heteroatoms. The van der Waals surface area contributed by atoms with Crippen molar-refractivity contribution in [3.05, 3.63) is 35.4 Å². The fourth-order valence-electron chi connectivity index (χ4n) is 3.10. The average Bonchev–Trinajstić information content (AvgIpc) is 2.64. The molecule has 1 aliphatic carbocycles. The summed E-state index contributed by atoms with van der Waals surface area (Å²) in [4.78, 5) is 5.03. The van der Waals surface area contributed by atoms with Gasteiger partial charge in [-0.15, -0.1) is 0 Å². The first kappa shape index (κ1) is 9.37. The molecule has 0 N–H and O–H groups in total. The maximum absolute atomic E-state index is 2.52. The van der Waals surface area contributed by atoms with E-state index in [1.165, 1.54) is 19.5 Å². The van der Waals surface area contributed by atoms with Gasteiger partial charge in [0.2, 0.25) is 0 Å². The minimum Gasteiger partial charge on any atom is -0.300 e. The highest BCUT2D eigenvalue weighted by molar-refractivity contribution is 5.37. The summed E-state index contributed by atoms with van der Waals surface area (Å²) in [5, 5.41) is 0. The van der Waals surface area contributed by atoms with Gasteiger partial charge in [-0.2, -0.15) is 0 Å². The molecule has 2 atom stereocenters. The lowest BCUT2D eigenvalue weighted by atomic mass is 10.0. The van der Waals surface area contributed by atoms with Gasteiger partial charge in [-0.3, -0.25) is 9.80 Å². The molecule has 3 rings (SSSR count). The first-order valence-electron chi connectivity index (χ1n) is 5.75. The molecule has 1 aromatic rings. The van der Waals surface area contributed by atoms with Crippen molar-refractivity contribution in [2.75, 3.05) is 27.2 Å². The van der Waals surface area contributed by atoms with Gasteiger partial charge >= 0.3 is 0 Å². The molecule has 1 saturated heterocycles. The van der Waals surface area contributed by atoms with E-state index in [9.17, 15) is 0 Å². The minimum absolute atomic E-state index is 0.625. The molecule has 0 spiro atoms. The fraction of sp³-hybridized carbons (Fsp3) is 0.538. The Bertz CT molecular complexity index is 375. The van der Waals surface area contributed by atoms with E-state index < -0.39 is 0 Å². The van der Waals surface area contributed by atoms with Crippen LogP contribution in [0.3, 0.4) is 0 Å². The summed E-state index contributed by atoms with van der Waals surface area (Å²) in [5.41, 5.74) is 3.10. The Balaban J connectivity index is 2.03. The Morgan fingerprint density at radius 2 is 1.80 bits per heavy atom. The van der Waals surface area contributed by atoms with Gasteiger partial charge in [0.05, 0.1) is 6.04 Å². The molecule has 0 amide bonds. The number of piperazine rings is 1. The standard InChI is InChI=1S/C13H18N2/c1-14-7-8-15(2)13-11-6-4-3-5-10(11)9-12(13)14/h3-6,12-13H,7-9H2,1-2H3. The molecule has 0 radical (unpaired) electrons. The van der Waals surface area contributed by atoms with Crippen molar-refractivity contribution in [3.63, 3.8) is 0 Å². The van der Waals surface area contributed by atoms with Gasteiger partial charge in [0.1, 0.15) is 0 Å². The van der Waals surface area contributed by atoms with Crippen LogP contribution in [0.25, 0.3) is 0 Å². The summed E-state index contributed by atoms with van der Waals surface area (Å²) in [6.07, 6.45) is 1.22. The van der Waals surface area contributed by atoms with Crippen LogP contribution in [0.1, 0.15) is 17.2 Å². The molecule has 1 aliphatic heterocycles. The fourth-order valence-corrected chi connectivity index (χ4v) is 3.10. The Kier molecular flexibility index (Phi) is 2.08. The quantitative estimate of drug-likeness (QED) is 0.629. The summed E-state index contributed by atoms with van der Waals surface area (Å²) >= 11 is 0. The topological polar surface area (TPSA) is 6.48 Å². The third-order valence-corrected chi connectivity index (χ3v) is 4.01. The van der Waals surface area contributed by atoms with Crippen LogP contribution in [-0.2, 0) is 6.42 Å². The van der Waals surface area contributed by atoms with Crippen LogP contribution in [0, 0.1) is 0 Å². The van der Waals surface area contributed by atoms with Gasteiger partial charge in [-0.25, -0.2) is 0 Å². The maximum atomic E-state index is 2.52. The van der Waals surface area contributed by atoms with Crippen molar-refractivity contribution in [2.24, 2.45) is 0 Å². The Morgan fingerprint density at radius 3 is 2.67 bits per heavy atom. The largest absolute Gasteiger partial charge is 0.300 e. The number of fused-ring (bicyclic) bond motifs is 3. The maximum Gasteiger partial charge on any atom is 0.0507 e. The van der Waals surface area contributed by atoms with E-state index in [1.54, 1.807) is 11.1 Å². The van der Waals surface area contributed by atoms with E-state index in [1.807, 2.05) is 0 Å². The van der Waals surface area contributed by atoms with Crippen LogP contribution < -0.4 is 0 Å². The lowest BCUT2D eigenvalue weighted by molar-refractivity contribution is 0.0634. The number of benzene rings is 1. The zero-order chi connectivity index (χ0) is 10.4. The second kappa shape index (κ2) is 3.32. The van der Waals surface area contributed by atoms with Gasteiger partial charge in [0.15, 0.2) is 0 Å². The predicted octanol–water partition coefficient (Wildman–Crippen LogP) is 1.53. The predicted molar refractivity (Wildman–Crippen MR) is 61.9 cm³/mol. The van der Waals surface area contributed by atoms with Crippen LogP contribution in [0.4, 0.5) is 0 Å².